The molecule has 2 unspecified atom stereocenters. The number of benzene rings is 1. The average Bonchev–Trinajstić information content (AvgIpc) is 2.49. The van der Waals surface area contributed by atoms with Crippen LogP contribution in [0.25, 0.3) is 0 Å². The van der Waals surface area contributed by atoms with E-state index in [9.17, 15) is 0 Å². The first-order valence-electron chi connectivity index (χ1n) is 7.27. The van der Waals surface area contributed by atoms with Crippen molar-refractivity contribution in [1.82, 2.24) is 5.32 Å². The van der Waals surface area contributed by atoms with Gasteiger partial charge in [0.2, 0.25) is 0 Å². The zero-order valence-corrected chi connectivity index (χ0v) is 13.0. The van der Waals surface area contributed by atoms with Crippen molar-refractivity contribution in [2.75, 3.05) is 33.5 Å². The van der Waals surface area contributed by atoms with Gasteiger partial charge in [0.1, 0.15) is 5.75 Å². The Hall–Kier alpha value is -1.10. The number of rotatable bonds is 10. The lowest BCUT2D eigenvalue weighted by Crippen LogP contribution is -2.28. The van der Waals surface area contributed by atoms with Gasteiger partial charge in [-0.2, -0.15) is 0 Å². The van der Waals surface area contributed by atoms with E-state index in [1.807, 2.05) is 26.0 Å². The van der Waals surface area contributed by atoms with E-state index >= 15 is 0 Å². The molecule has 0 aliphatic carbocycles. The van der Waals surface area contributed by atoms with Gasteiger partial charge < -0.3 is 19.5 Å². The minimum absolute atomic E-state index is 0.106. The van der Waals surface area contributed by atoms with Gasteiger partial charge in [0.15, 0.2) is 0 Å². The summed E-state index contributed by atoms with van der Waals surface area (Å²) in [5.41, 5.74) is 1.20. The Labute approximate surface area is 122 Å². The lowest BCUT2D eigenvalue weighted by Gasteiger charge is -2.21. The van der Waals surface area contributed by atoms with Crippen LogP contribution in [0.5, 0.6) is 5.75 Å². The van der Waals surface area contributed by atoms with E-state index in [1.165, 1.54) is 5.56 Å². The highest BCUT2D eigenvalue weighted by Crippen LogP contribution is 2.18. The fourth-order valence-corrected chi connectivity index (χ4v) is 1.95. The molecule has 1 aromatic carbocycles. The summed E-state index contributed by atoms with van der Waals surface area (Å²) >= 11 is 0. The van der Waals surface area contributed by atoms with Gasteiger partial charge in [-0.25, -0.2) is 0 Å². The van der Waals surface area contributed by atoms with Crippen LogP contribution in [0.1, 0.15) is 32.4 Å². The third-order valence-electron chi connectivity index (χ3n) is 3.07. The Kier molecular flexibility index (Phi) is 8.26. The molecule has 4 nitrogen and oxygen atoms in total. The second kappa shape index (κ2) is 9.75. The van der Waals surface area contributed by atoms with Crippen molar-refractivity contribution in [1.29, 1.82) is 0 Å². The van der Waals surface area contributed by atoms with E-state index in [1.54, 1.807) is 7.11 Å². The smallest absolute Gasteiger partial charge is 0.118 e. The van der Waals surface area contributed by atoms with Crippen LogP contribution in [-0.2, 0) is 9.47 Å². The van der Waals surface area contributed by atoms with Gasteiger partial charge >= 0.3 is 0 Å². The quantitative estimate of drug-likeness (QED) is 0.716. The summed E-state index contributed by atoms with van der Waals surface area (Å²) in [6.07, 6.45) is 0.106. The molecule has 0 amide bonds. The topological polar surface area (TPSA) is 39.7 Å². The van der Waals surface area contributed by atoms with Gasteiger partial charge in [-0.3, -0.25) is 0 Å². The maximum absolute atomic E-state index is 5.85. The van der Waals surface area contributed by atoms with Gasteiger partial charge in [0, 0.05) is 6.61 Å². The first-order chi connectivity index (χ1) is 9.71. The molecule has 0 bridgehead atoms. The summed E-state index contributed by atoms with van der Waals surface area (Å²) < 4.78 is 16.4. The molecule has 0 saturated heterocycles. The zero-order valence-electron chi connectivity index (χ0n) is 13.0. The zero-order chi connectivity index (χ0) is 14.8. The molecule has 114 valence electrons. The van der Waals surface area contributed by atoms with Crippen LogP contribution in [0, 0.1) is 0 Å². The van der Waals surface area contributed by atoms with E-state index in [0.717, 1.165) is 18.9 Å². The highest BCUT2D eigenvalue weighted by atomic mass is 16.5. The van der Waals surface area contributed by atoms with Crippen molar-refractivity contribution in [2.24, 2.45) is 0 Å². The summed E-state index contributed by atoms with van der Waals surface area (Å²) in [7, 11) is 1.68. The summed E-state index contributed by atoms with van der Waals surface area (Å²) in [6.45, 7) is 9.02. The van der Waals surface area contributed by atoms with Crippen molar-refractivity contribution >= 4 is 0 Å². The van der Waals surface area contributed by atoms with Gasteiger partial charge in [0.05, 0.1) is 32.5 Å². The Morgan fingerprint density at radius 1 is 1.10 bits per heavy atom. The molecule has 1 aromatic rings. The van der Waals surface area contributed by atoms with E-state index in [0.29, 0.717) is 13.2 Å². The molecule has 1 N–H and O–H groups in total. The molecule has 4 heteroatoms. The Morgan fingerprint density at radius 3 is 2.35 bits per heavy atom. The van der Waals surface area contributed by atoms with Crippen molar-refractivity contribution in [3.63, 3.8) is 0 Å². The molecule has 0 aliphatic rings. The fourth-order valence-electron chi connectivity index (χ4n) is 1.95. The predicted octanol–water partition coefficient (Wildman–Crippen LogP) is 2.79. The maximum Gasteiger partial charge on any atom is 0.118 e. The number of hydrogen-bond donors (Lipinski definition) is 1. The number of methoxy groups -OCH3 is 1. The Bertz CT molecular complexity index is 353. The molecule has 2 atom stereocenters. The number of ether oxygens (including phenoxy) is 3. The van der Waals surface area contributed by atoms with Crippen LogP contribution in [0.4, 0.5) is 0 Å². The van der Waals surface area contributed by atoms with Crippen molar-refractivity contribution in [3.05, 3.63) is 29.8 Å². The summed E-state index contributed by atoms with van der Waals surface area (Å²) in [5, 5.41) is 3.44. The van der Waals surface area contributed by atoms with Crippen LogP contribution in [0.2, 0.25) is 0 Å². The van der Waals surface area contributed by atoms with Crippen molar-refractivity contribution in [2.45, 2.75) is 32.9 Å². The fraction of sp³-hybridized carbons (Fsp3) is 0.625. The third-order valence-corrected chi connectivity index (χ3v) is 3.07. The minimum Gasteiger partial charge on any atom is -0.497 e. The number of likely N-dealkylation sites (N-methyl/N-ethyl adjacent to an activating group) is 1. The summed E-state index contributed by atoms with van der Waals surface area (Å²) in [6, 6.07) is 8.29. The largest absolute Gasteiger partial charge is 0.497 e. The van der Waals surface area contributed by atoms with Crippen LogP contribution >= 0.6 is 0 Å². The van der Waals surface area contributed by atoms with Crippen molar-refractivity contribution < 1.29 is 14.2 Å². The molecule has 0 aliphatic heterocycles. The molecule has 0 fully saturated rings. The van der Waals surface area contributed by atoms with E-state index in [4.69, 9.17) is 14.2 Å². The standard InChI is InChI=1S/C16H27NO3/c1-5-17-16(12-20-13(3)11-19-6-2)14-7-9-15(18-4)10-8-14/h7-10,13,16-17H,5-6,11-12H2,1-4H3. The molecular weight excluding hydrogens is 254 g/mol. The maximum atomic E-state index is 5.85. The molecule has 0 saturated carbocycles. The molecule has 0 spiro atoms. The highest BCUT2D eigenvalue weighted by Gasteiger charge is 2.12. The summed E-state index contributed by atoms with van der Waals surface area (Å²) in [4.78, 5) is 0. The third kappa shape index (κ3) is 5.90. The highest BCUT2D eigenvalue weighted by molar-refractivity contribution is 5.29. The van der Waals surface area contributed by atoms with Crippen LogP contribution in [-0.4, -0.2) is 39.6 Å². The molecular formula is C16H27NO3. The first-order valence-corrected chi connectivity index (χ1v) is 7.27. The first kappa shape index (κ1) is 17.0. The lowest BCUT2D eigenvalue weighted by molar-refractivity contribution is -0.0115. The van der Waals surface area contributed by atoms with Gasteiger partial charge in [-0.15, -0.1) is 0 Å². The van der Waals surface area contributed by atoms with E-state index in [2.05, 4.69) is 24.4 Å². The van der Waals surface area contributed by atoms with Crippen LogP contribution in [0.15, 0.2) is 24.3 Å². The predicted molar refractivity (Wildman–Crippen MR) is 81.3 cm³/mol. The Morgan fingerprint density at radius 2 is 1.80 bits per heavy atom. The lowest BCUT2D eigenvalue weighted by atomic mass is 10.1. The van der Waals surface area contributed by atoms with Gasteiger partial charge in [0.25, 0.3) is 0 Å². The summed E-state index contributed by atoms with van der Waals surface area (Å²) in [5.74, 6) is 0.870. The number of hydrogen-bond acceptors (Lipinski definition) is 4. The SMILES string of the molecule is CCNC(COC(C)COCC)c1ccc(OC)cc1. The van der Waals surface area contributed by atoms with Gasteiger partial charge in [-0.1, -0.05) is 19.1 Å². The average molecular weight is 281 g/mol. The monoisotopic (exact) mass is 281 g/mol. The van der Waals surface area contributed by atoms with Crippen LogP contribution < -0.4 is 10.1 Å². The molecule has 0 heterocycles. The number of nitrogens with one attached hydrogen (secondary N) is 1. The molecule has 20 heavy (non-hydrogen) atoms. The van der Waals surface area contributed by atoms with Gasteiger partial charge in [-0.05, 0) is 38.1 Å². The second-order valence-corrected chi connectivity index (χ2v) is 4.69. The van der Waals surface area contributed by atoms with E-state index in [-0.39, 0.29) is 12.1 Å². The molecule has 0 radical (unpaired) electrons. The van der Waals surface area contributed by atoms with Crippen LogP contribution in [0.3, 0.4) is 0 Å². The normalized spacial score (nSPS) is 14.0. The molecule has 1 rings (SSSR count). The second-order valence-electron chi connectivity index (χ2n) is 4.69. The molecule has 0 aromatic heterocycles. The Balaban J connectivity index is 2.54. The van der Waals surface area contributed by atoms with Crippen molar-refractivity contribution in [3.8, 4) is 5.75 Å². The minimum atomic E-state index is 0.106. The van der Waals surface area contributed by atoms with E-state index < -0.39 is 0 Å².